The lowest BCUT2D eigenvalue weighted by atomic mass is 10.1. The maximum absolute atomic E-state index is 5.79. The third-order valence-corrected chi connectivity index (χ3v) is 3.64. The standard InChI is InChI=1S/C14H17N2O/c1-10-8-12-13(4-3-5-14(12)17-10)16-7-6-11(9-16)15-2/h2-5,10-11H,6-9H2,1H3/q+1/t10?,11-/m0/s1. The summed E-state index contributed by atoms with van der Waals surface area (Å²) in [7, 11) is 0. The predicted octanol–water partition coefficient (Wildman–Crippen LogP) is 2.55. The van der Waals surface area contributed by atoms with E-state index in [1.54, 1.807) is 0 Å². The van der Waals surface area contributed by atoms with E-state index in [-0.39, 0.29) is 6.04 Å². The zero-order valence-corrected chi connectivity index (χ0v) is 10.1. The van der Waals surface area contributed by atoms with Crippen LogP contribution in [0.5, 0.6) is 5.75 Å². The molecule has 3 heteroatoms. The molecule has 0 radical (unpaired) electrons. The molecule has 2 atom stereocenters. The first-order chi connectivity index (χ1) is 8.28. The van der Waals surface area contributed by atoms with Gasteiger partial charge in [0.15, 0.2) is 0 Å². The van der Waals surface area contributed by atoms with Crippen molar-refractivity contribution in [2.45, 2.75) is 31.9 Å². The van der Waals surface area contributed by atoms with E-state index in [4.69, 9.17) is 11.3 Å². The average molecular weight is 229 g/mol. The normalized spacial score (nSPS) is 26.5. The van der Waals surface area contributed by atoms with Crippen molar-refractivity contribution in [3.8, 4) is 12.3 Å². The van der Waals surface area contributed by atoms with Crippen LogP contribution in [0.2, 0.25) is 0 Å². The molecular formula is C14H17N2O+. The second-order valence-electron chi connectivity index (χ2n) is 4.92. The first-order valence-electron chi connectivity index (χ1n) is 6.21. The quantitative estimate of drug-likeness (QED) is 0.736. The van der Waals surface area contributed by atoms with E-state index in [1.807, 2.05) is 0 Å². The van der Waals surface area contributed by atoms with E-state index in [0.717, 1.165) is 31.7 Å². The highest BCUT2D eigenvalue weighted by atomic mass is 16.5. The summed E-state index contributed by atoms with van der Waals surface area (Å²) in [6.45, 7) is 9.47. The summed E-state index contributed by atoms with van der Waals surface area (Å²) >= 11 is 0. The summed E-state index contributed by atoms with van der Waals surface area (Å²) in [6, 6.07) is 6.59. The summed E-state index contributed by atoms with van der Waals surface area (Å²) < 4.78 is 5.79. The van der Waals surface area contributed by atoms with Gasteiger partial charge in [-0.15, -0.1) is 0 Å². The van der Waals surface area contributed by atoms with E-state index in [2.05, 4.69) is 34.9 Å². The summed E-state index contributed by atoms with van der Waals surface area (Å²) in [6.07, 6.45) is 2.35. The molecule has 1 unspecified atom stereocenters. The van der Waals surface area contributed by atoms with Gasteiger partial charge in [0.1, 0.15) is 11.9 Å². The first-order valence-corrected chi connectivity index (χ1v) is 6.21. The molecule has 1 aromatic carbocycles. The number of nitrogens with zero attached hydrogens (tertiary/aromatic N) is 2. The summed E-state index contributed by atoms with van der Waals surface area (Å²) in [4.78, 5) is 6.28. The highest BCUT2D eigenvalue weighted by Gasteiger charge is 2.32. The lowest BCUT2D eigenvalue weighted by molar-refractivity contribution is 0.254. The largest absolute Gasteiger partial charge is 0.490 e. The van der Waals surface area contributed by atoms with Crippen LogP contribution in [0.1, 0.15) is 18.9 Å². The molecular weight excluding hydrogens is 212 g/mol. The van der Waals surface area contributed by atoms with Crippen LogP contribution in [0.15, 0.2) is 18.2 Å². The molecule has 1 aromatic rings. The van der Waals surface area contributed by atoms with Crippen molar-refractivity contribution >= 4 is 5.69 Å². The Morgan fingerprint density at radius 3 is 3.12 bits per heavy atom. The molecule has 0 bridgehead atoms. The van der Waals surface area contributed by atoms with Crippen molar-refractivity contribution in [1.29, 1.82) is 0 Å². The number of fused-ring (bicyclic) bond motifs is 1. The molecule has 3 rings (SSSR count). The van der Waals surface area contributed by atoms with E-state index in [0.29, 0.717) is 6.10 Å². The highest BCUT2D eigenvalue weighted by Crippen LogP contribution is 2.37. The average Bonchev–Trinajstić information content (AvgIpc) is 2.92. The van der Waals surface area contributed by atoms with Gasteiger partial charge in [-0.1, -0.05) is 10.9 Å². The van der Waals surface area contributed by atoms with Gasteiger partial charge in [0, 0.05) is 30.6 Å². The summed E-state index contributed by atoms with van der Waals surface area (Å²) in [5.74, 6) is 1.04. The van der Waals surface area contributed by atoms with Gasteiger partial charge in [0.2, 0.25) is 0 Å². The minimum atomic E-state index is 0.283. The Morgan fingerprint density at radius 1 is 1.47 bits per heavy atom. The Bertz CT molecular complexity index is 478. The first kappa shape index (κ1) is 10.5. The molecule has 88 valence electrons. The molecule has 0 aliphatic carbocycles. The second-order valence-corrected chi connectivity index (χ2v) is 4.92. The Hall–Kier alpha value is -1.69. The molecule has 0 aromatic heterocycles. The van der Waals surface area contributed by atoms with Gasteiger partial charge in [0.25, 0.3) is 12.6 Å². The zero-order valence-electron chi connectivity index (χ0n) is 10.1. The molecule has 2 heterocycles. The Kier molecular flexibility index (Phi) is 2.44. The molecule has 17 heavy (non-hydrogen) atoms. The molecule has 2 aliphatic heterocycles. The number of hydrogen-bond donors (Lipinski definition) is 0. The van der Waals surface area contributed by atoms with Gasteiger partial charge < -0.3 is 9.64 Å². The summed E-state index contributed by atoms with van der Waals surface area (Å²) in [5, 5.41) is 0. The minimum absolute atomic E-state index is 0.283. The monoisotopic (exact) mass is 229 g/mol. The SMILES string of the molecule is C#[N+][C@H]1CCN(c2cccc3c2CC(C)O3)C1. The van der Waals surface area contributed by atoms with Crippen molar-refractivity contribution in [3.63, 3.8) is 0 Å². The number of ether oxygens (including phenoxy) is 1. The maximum atomic E-state index is 5.79. The Balaban J connectivity index is 1.90. The van der Waals surface area contributed by atoms with Crippen LogP contribution in [0.3, 0.4) is 0 Å². The molecule has 1 saturated heterocycles. The van der Waals surface area contributed by atoms with E-state index in [9.17, 15) is 0 Å². The molecule has 2 aliphatic rings. The maximum Gasteiger partial charge on any atom is 0.290 e. The van der Waals surface area contributed by atoms with Crippen molar-refractivity contribution in [3.05, 3.63) is 28.6 Å². The third kappa shape index (κ3) is 1.74. The lowest BCUT2D eigenvalue weighted by Gasteiger charge is -2.19. The number of benzene rings is 1. The molecule has 3 nitrogen and oxygen atoms in total. The van der Waals surface area contributed by atoms with Gasteiger partial charge in [-0.05, 0) is 19.1 Å². The van der Waals surface area contributed by atoms with E-state index in [1.165, 1.54) is 11.3 Å². The van der Waals surface area contributed by atoms with Crippen LogP contribution in [-0.4, -0.2) is 25.2 Å². The van der Waals surface area contributed by atoms with Crippen molar-refractivity contribution in [2.24, 2.45) is 0 Å². The molecule has 0 spiro atoms. The van der Waals surface area contributed by atoms with Gasteiger partial charge in [-0.25, -0.2) is 0 Å². The fourth-order valence-corrected chi connectivity index (χ4v) is 2.79. The Morgan fingerprint density at radius 2 is 2.35 bits per heavy atom. The van der Waals surface area contributed by atoms with Crippen LogP contribution in [-0.2, 0) is 6.42 Å². The molecule has 0 amide bonds. The van der Waals surface area contributed by atoms with Gasteiger partial charge in [-0.2, -0.15) is 0 Å². The predicted molar refractivity (Wildman–Crippen MR) is 69.2 cm³/mol. The van der Waals surface area contributed by atoms with Gasteiger partial charge in [0.05, 0.1) is 6.54 Å². The fourth-order valence-electron chi connectivity index (χ4n) is 2.79. The second kappa shape index (κ2) is 3.96. The van der Waals surface area contributed by atoms with Gasteiger partial charge >= 0.3 is 0 Å². The number of anilines is 1. The van der Waals surface area contributed by atoms with Crippen molar-refractivity contribution < 1.29 is 4.74 Å². The van der Waals surface area contributed by atoms with Crippen LogP contribution in [0, 0.1) is 6.57 Å². The number of hydrogen-bond acceptors (Lipinski definition) is 2. The van der Waals surface area contributed by atoms with Crippen molar-refractivity contribution in [2.75, 3.05) is 18.0 Å². The zero-order chi connectivity index (χ0) is 11.8. The third-order valence-electron chi connectivity index (χ3n) is 3.64. The minimum Gasteiger partial charge on any atom is -0.490 e. The van der Waals surface area contributed by atoms with Gasteiger partial charge in [-0.3, -0.25) is 0 Å². The topological polar surface area (TPSA) is 16.8 Å². The molecule has 0 N–H and O–H groups in total. The molecule has 1 fully saturated rings. The fraction of sp³-hybridized carbons (Fsp3) is 0.500. The van der Waals surface area contributed by atoms with E-state index < -0.39 is 0 Å². The smallest absolute Gasteiger partial charge is 0.290 e. The van der Waals surface area contributed by atoms with Crippen molar-refractivity contribution in [1.82, 2.24) is 0 Å². The van der Waals surface area contributed by atoms with Crippen LogP contribution in [0.25, 0.3) is 4.85 Å². The Labute approximate surface area is 102 Å². The van der Waals surface area contributed by atoms with Crippen LogP contribution < -0.4 is 9.64 Å². The van der Waals surface area contributed by atoms with E-state index >= 15 is 0 Å². The highest BCUT2D eigenvalue weighted by molar-refractivity contribution is 5.61. The van der Waals surface area contributed by atoms with Crippen LogP contribution >= 0.6 is 0 Å². The lowest BCUT2D eigenvalue weighted by Crippen LogP contribution is -2.21. The summed E-state index contributed by atoms with van der Waals surface area (Å²) in [5.41, 5.74) is 2.65. The molecule has 0 saturated carbocycles. The van der Waals surface area contributed by atoms with Crippen LogP contribution in [0.4, 0.5) is 5.69 Å². The number of rotatable bonds is 1.